The fourth-order valence-electron chi connectivity index (χ4n) is 2.51. The average molecular weight is 317 g/mol. The van der Waals surface area contributed by atoms with Gasteiger partial charge in [0.05, 0.1) is 6.04 Å². The van der Waals surface area contributed by atoms with Crippen LogP contribution in [0.3, 0.4) is 0 Å². The molecule has 22 heavy (non-hydrogen) atoms. The lowest BCUT2D eigenvalue weighted by Gasteiger charge is -2.14. The Morgan fingerprint density at radius 3 is 2.82 bits per heavy atom. The highest BCUT2D eigenvalue weighted by atomic mass is 32.1. The van der Waals surface area contributed by atoms with E-state index in [0.29, 0.717) is 10.9 Å². The summed E-state index contributed by atoms with van der Waals surface area (Å²) in [5.41, 5.74) is 0.794. The van der Waals surface area contributed by atoms with E-state index in [1.165, 1.54) is 6.07 Å². The number of furan rings is 1. The molecule has 0 aliphatic rings. The molecule has 3 nitrogen and oxygen atoms in total. The van der Waals surface area contributed by atoms with E-state index in [9.17, 15) is 9.18 Å². The van der Waals surface area contributed by atoms with Gasteiger partial charge in [-0.25, -0.2) is 4.39 Å². The van der Waals surface area contributed by atoms with Gasteiger partial charge < -0.3 is 9.73 Å². The number of fused-ring (bicyclic) bond motifs is 1. The highest BCUT2D eigenvalue weighted by Crippen LogP contribution is 2.28. The quantitative estimate of drug-likeness (QED) is 0.749. The zero-order valence-electron chi connectivity index (χ0n) is 12.4. The van der Waals surface area contributed by atoms with E-state index in [4.69, 9.17) is 4.42 Å². The molecule has 5 heteroatoms. The first-order chi connectivity index (χ1) is 10.6. The minimum Gasteiger partial charge on any atom is -0.448 e. The summed E-state index contributed by atoms with van der Waals surface area (Å²) >= 11 is 1.60. The highest BCUT2D eigenvalue weighted by Gasteiger charge is 2.22. The second-order valence-corrected chi connectivity index (χ2v) is 6.10. The Kier molecular flexibility index (Phi) is 3.98. The van der Waals surface area contributed by atoms with Crippen LogP contribution in [0.25, 0.3) is 11.0 Å². The summed E-state index contributed by atoms with van der Waals surface area (Å²) in [7, 11) is 0. The maximum atomic E-state index is 13.8. The van der Waals surface area contributed by atoms with Gasteiger partial charge in [-0.15, -0.1) is 11.3 Å². The van der Waals surface area contributed by atoms with Crippen LogP contribution < -0.4 is 5.32 Å². The molecule has 2 heterocycles. The number of halogens is 1. The summed E-state index contributed by atoms with van der Waals surface area (Å²) in [6, 6.07) is 8.58. The van der Waals surface area contributed by atoms with Crippen LogP contribution in [0.4, 0.5) is 4.39 Å². The molecule has 2 aromatic heterocycles. The van der Waals surface area contributed by atoms with Gasteiger partial charge in [0, 0.05) is 15.8 Å². The Hall–Kier alpha value is -2.14. The predicted octanol–water partition coefficient (Wildman–Crippen LogP) is 4.82. The van der Waals surface area contributed by atoms with Gasteiger partial charge in [0.2, 0.25) is 0 Å². The fourth-order valence-corrected chi connectivity index (χ4v) is 3.37. The molecule has 0 fully saturated rings. The molecule has 0 aliphatic carbocycles. The molecule has 3 rings (SSSR count). The van der Waals surface area contributed by atoms with Gasteiger partial charge in [-0.3, -0.25) is 4.79 Å². The van der Waals surface area contributed by atoms with Crippen LogP contribution in [0.5, 0.6) is 0 Å². The Morgan fingerprint density at radius 1 is 1.36 bits per heavy atom. The standard InChI is InChI=1S/C17H16FNO2S/c1-3-13(14-8-5-9-22-14)19-17(20)15-10(2)11-6-4-7-12(18)16(11)21-15/h4-9,13H,3H2,1-2H3,(H,19,20)/t13-/m0/s1. The Labute approximate surface area is 131 Å². The van der Waals surface area contributed by atoms with Gasteiger partial charge in [0.15, 0.2) is 17.2 Å². The van der Waals surface area contributed by atoms with Crippen molar-refractivity contribution >= 4 is 28.2 Å². The molecule has 1 aromatic carbocycles. The van der Waals surface area contributed by atoms with Crippen molar-refractivity contribution in [2.24, 2.45) is 0 Å². The Bertz CT molecular complexity index is 808. The molecule has 1 atom stereocenters. The number of amides is 1. The topological polar surface area (TPSA) is 42.2 Å². The molecular weight excluding hydrogens is 301 g/mol. The van der Waals surface area contributed by atoms with Crippen LogP contribution in [0, 0.1) is 12.7 Å². The second kappa shape index (κ2) is 5.93. The van der Waals surface area contributed by atoms with Gasteiger partial charge in [-0.2, -0.15) is 0 Å². The van der Waals surface area contributed by atoms with Crippen LogP contribution >= 0.6 is 11.3 Å². The van der Waals surface area contributed by atoms with Gasteiger partial charge in [0.1, 0.15) is 0 Å². The zero-order valence-corrected chi connectivity index (χ0v) is 13.2. The van der Waals surface area contributed by atoms with E-state index < -0.39 is 5.82 Å². The van der Waals surface area contributed by atoms with Crippen LogP contribution in [0.1, 0.15) is 40.4 Å². The molecule has 0 saturated heterocycles. The fraction of sp³-hybridized carbons (Fsp3) is 0.235. The molecule has 0 bridgehead atoms. The Balaban J connectivity index is 1.92. The first-order valence-electron chi connectivity index (χ1n) is 7.13. The summed E-state index contributed by atoms with van der Waals surface area (Å²) in [4.78, 5) is 13.6. The number of rotatable bonds is 4. The van der Waals surface area contributed by atoms with Crippen molar-refractivity contribution in [1.29, 1.82) is 0 Å². The van der Waals surface area contributed by atoms with Gasteiger partial charge in [-0.1, -0.05) is 25.1 Å². The number of carbonyl (C=O) groups is 1. The largest absolute Gasteiger partial charge is 0.448 e. The summed E-state index contributed by atoms with van der Waals surface area (Å²) in [6.45, 7) is 3.78. The summed E-state index contributed by atoms with van der Waals surface area (Å²) < 4.78 is 19.2. The number of carbonyl (C=O) groups excluding carboxylic acids is 1. The number of thiophene rings is 1. The van der Waals surface area contributed by atoms with Crippen molar-refractivity contribution in [3.63, 3.8) is 0 Å². The van der Waals surface area contributed by atoms with Crippen LogP contribution in [0.15, 0.2) is 40.1 Å². The highest BCUT2D eigenvalue weighted by molar-refractivity contribution is 7.10. The third-order valence-corrected chi connectivity index (χ3v) is 4.71. The van der Waals surface area contributed by atoms with E-state index in [1.807, 2.05) is 24.4 Å². The van der Waals surface area contributed by atoms with Crippen molar-refractivity contribution in [2.75, 3.05) is 0 Å². The monoisotopic (exact) mass is 317 g/mol. The molecule has 114 valence electrons. The molecule has 0 spiro atoms. The summed E-state index contributed by atoms with van der Waals surface area (Å²) in [5.74, 6) is -0.589. The van der Waals surface area contributed by atoms with Crippen molar-refractivity contribution in [1.82, 2.24) is 5.32 Å². The van der Waals surface area contributed by atoms with Crippen LogP contribution in [0.2, 0.25) is 0 Å². The first-order valence-corrected chi connectivity index (χ1v) is 8.01. The minimum absolute atomic E-state index is 0.0649. The molecule has 3 aromatic rings. The van der Waals surface area contributed by atoms with Crippen LogP contribution in [-0.2, 0) is 0 Å². The Morgan fingerprint density at radius 2 is 2.18 bits per heavy atom. The van der Waals surface area contributed by atoms with Crippen molar-refractivity contribution < 1.29 is 13.6 Å². The lowest BCUT2D eigenvalue weighted by Crippen LogP contribution is -2.27. The SMILES string of the molecule is CC[C@H](NC(=O)c1oc2c(F)cccc2c1C)c1cccs1. The van der Waals surface area contributed by atoms with Gasteiger partial charge in [0.25, 0.3) is 5.91 Å². The molecule has 0 aliphatic heterocycles. The van der Waals surface area contributed by atoms with Crippen LogP contribution in [-0.4, -0.2) is 5.91 Å². The lowest BCUT2D eigenvalue weighted by molar-refractivity contribution is 0.0909. The predicted molar refractivity (Wildman–Crippen MR) is 85.7 cm³/mol. The summed E-state index contributed by atoms with van der Waals surface area (Å²) in [6.07, 6.45) is 0.778. The molecular formula is C17H16FNO2S. The number of hydrogen-bond acceptors (Lipinski definition) is 3. The maximum absolute atomic E-state index is 13.8. The van der Waals surface area contributed by atoms with E-state index in [-0.39, 0.29) is 23.3 Å². The maximum Gasteiger partial charge on any atom is 0.287 e. The average Bonchev–Trinajstić information content (AvgIpc) is 3.14. The number of nitrogens with one attached hydrogen (secondary N) is 1. The third kappa shape index (κ3) is 2.52. The van der Waals surface area contributed by atoms with Gasteiger partial charge >= 0.3 is 0 Å². The molecule has 1 N–H and O–H groups in total. The minimum atomic E-state index is -0.454. The normalized spacial score (nSPS) is 12.5. The van der Waals surface area contributed by atoms with E-state index >= 15 is 0 Å². The molecule has 1 amide bonds. The number of benzene rings is 1. The third-order valence-electron chi connectivity index (χ3n) is 3.72. The first kappa shape index (κ1) is 14.8. The van der Waals surface area contributed by atoms with Crippen molar-refractivity contribution in [3.05, 3.63) is 57.7 Å². The summed E-state index contributed by atoms with van der Waals surface area (Å²) in [5, 5.41) is 5.57. The smallest absolute Gasteiger partial charge is 0.287 e. The number of aryl methyl sites for hydroxylation is 1. The molecule has 0 radical (unpaired) electrons. The van der Waals surface area contributed by atoms with E-state index in [0.717, 1.165) is 11.3 Å². The number of para-hydroxylation sites is 1. The molecule has 0 unspecified atom stereocenters. The van der Waals surface area contributed by atoms with E-state index in [2.05, 4.69) is 5.32 Å². The van der Waals surface area contributed by atoms with Crippen molar-refractivity contribution in [3.8, 4) is 0 Å². The van der Waals surface area contributed by atoms with Crippen molar-refractivity contribution in [2.45, 2.75) is 26.3 Å². The molecule has 0 saturated carbocycles. The van der Waals surface area contributed by atoms with Gasteiger partial charge in [-0.05, 0) is 30.9 Å². The zero-order chi connectivity index (χ0) is 15.7. The lowest BCUT2D eigenvalue weighted by atomic mass is 10.1. The number of hydrogen-bond donors (Lipinski definition) is 1. The van der Waals surface area contributed by atoms with E-state index in [1.54, 1.807) is 30.4 Å². The second-order valence-electron chi connectivity index (χ2n) is 5.12.